The number of pyridine rings is 1. The molecule has 0 bridgehead atoms. The van der Waals surface area contributed by atoms with Gasteiger partial charge >= 0.3 is 0 Å². The number of ether oxygens (including phenoxy) is 1. The molecule has 0 aliphatic carbocycles. The molecule has 0 saturated carbocycles. The summed E-state index contributed by atoms with van der Waals surface area (Å²) in [7, 11) is 2.08. The Balaban J connectivity index is 1.13. The van der Waals surface area contributed by atoms with Crippen LogP contribution in [0.3, 0.4) is 0 Å². The van der Waals surface area contributed by atoms with E-state index in [0.717, 1.165) is 49.1 Å². The van der Waals surface area contributed by atoms with Crippen LogP contribution in [0.2, 0.25) is 0 Å². The fourth-order valence-corrected chi connectivity index (χ4v) is 5.48. The van der Waals surface area contributed by atoms with Crippen LogP contribution in [0, 0.1) is 5.41 Å². The molecule has 41 heavy (non-hydrogen) atoms. The summed E-state index contributed by atoms with van der Waals surface area (Å²) in [5.41, 5.74) is 3.63. The van der Waals surface area contributed by atoms with Gasteiger partial charge in [-0.05, 0) is 49.4 Å². The van der Waals surface area contributed by atoms with Crippen molar-refractivity contribution in [3.05, 3.63) is 71.9 Å². The minimum absolute atomic E-state index is 0.0156. The predicted molar refractivity (Wildman–Crippen MR) is 156 cm³/mol. The Labute approximate surface area is 239 Å². The third kappa shape index (κ3) is 5.92. The lowest BCUT2D eigenvalue weighted by molar-refractivity contribution is -0.126. The highest BCUT2D eigenvalue weighted by Gasteiger charge is 2.39. The number of piperazine rings is 1. The van der Waals surface area contributed by atoms with Gasteiger partial charge < -0.3 is 24.8 Å². The zero-order valence-electron chi connectivity index (χ0n) is 23.7. The highest BCUT2D eigenvalue weighted by molar-refractivity contribution is 5.98. The molecule has 2 N–H and O–H groups in total. The molecule has 6 rings (SSSR count). The van der Waals surface area contributed by atoms with Crippen LogP contribution in [0.4, 0.5) is 0 Å². The van der Waals surface area contributed by atoms with Gasteiger partial charge in [0, 0.05) is 67.4 Å². The first kappa shape index (κ1) is 26.9. The fourth-order valence-electron chi connectivity index (χ4n) is 5.48. The maximum atomic E-state index is 13.0. The molecule has 5 heterocycles. The molecule has 2 amide bonds. The number of benzene rings is 1. The minimum Gasteiger partial charge on any atom is -0.491 e. The van der Waals surface area contributed by atoms with Crippen LogP contribution in [0.1, 0.15) is 42.1 Å². The summed E-state index contributed by atoms with van der Waals surface area (Å²) >= 11 is 0. The van der Waals surface area contributed by atoms with Crippen LogP contribution in [0.25, 0.3) is 22.3 Å². The molecule has 0 spiro atoms. The van der Waals surface area contributed by atoms with Gasteiger partial charge in [-0.1, -0.05) is 19.9 Å². The van der Waals surface area contributed by atoms with Crippen LogP contribution in [-0.4, -0.2) is 87.4 Å². The molecule has 2 saturated heterocycles. The number of fused-ring (bicyclic) bond motifs is 1. The first-order chi connectivity index (χ1) is 19.7. The normalized spacial score (nSPS) is 19.0. The monoisotopic (exact) mass is 553 g/mol. The highest BCUT2D eigenvalue weighted by Crippen LogP contribution is 2.29. The number of rotatable bonds is 7. The number of nitrogens with one attached hydrogen (secondary N) is 2. The van der Waals surface area contributed by atoms with E-state index in [9.17, 15) is 9.59 Å². The Morgan fingerprint density at radius 1 is 1.02 bits per heavy atom. The fraction of sp³-hybridized carbons (Fsp3) is 0.387. The van der Waals surface area contributed by atoms with E-state index in [1.165, 1.54) is 0 Å². The van der Waals surface area contributed by atoms with E-state index >= 15 is 0 Å². The van der Waals surface area contributed by atoms with Crippen LogP contribution in [-0.2, 0) is 11.2 Å². The molecular weight excluding hydrogens is 518 g/mol. The average Bonchev–Trinajstić information content (AvgIpc) is 3.51. The van der Waals surface area contributed by atoms with Crippen molar-refractivity contribution in [3.63, 3.8) is 0 Å². The standard InChI is InChI=1S/C31H35N7O3/c1-31(2)18-22(34-30(31)40)19-41-23-6-8-32-26(17-23)25-7-9-33-28(36-25)15-20-4-5-24-21(14-20)16-27(35-24)29(39)38-12-10-37(3)11-13-38/h4-9,14,16-17,22,35H,10-13,15,18-19H2,1-3H3,(H,34,40)/t22-/m0/s1. The van der Waals surface area contributed by atoms with Crippen molar-refractivity contribution in [1.82, 2.24) is 35.1 Å². The lowest BCUT2D eigenvalue weighted by Gasteiger charge is -2.32. The number of aromatic amines is 1. The molecule has 1 atom stereocenters. The molecular formula is C31H35N7O3. The molecule has 2 fully saturated rings. The van der Waals surface area contributed by atoms with Gasteiger partial charge in [0.2, 0.25) is 5.91 Å². The number of amides is 2. The average molecular weight is 554 g/mol. The van der Waals surface area contributed by atoms with Gasteiger partial charge in [0.25, 0.3) is 5.91 Å². The second-order valence-corrected chi connectivity index (χ2v) is 11.7. The summed E-state index contributed by atoms with van der Waals surface area (Å²) in [6.45, 7) is 7.56. The maximum Gasteiger partial charge on any atom is 0.270 e. The number of carbonyl (C=O) groups excluding carboxylic acids is 2. The van der Waals surface area contributed by atoms with E-state index in [1.807, 2.05) is 55.1 Å². The lowest BCUT2D eigenvalue weighted by atomic mass is 9.90. The molecule has 0 unspecified atom stereocenters. The Hall–Kier alpha value is -4.31. The highest BCUT2D eigenvalue weighted by atomic mass is 16.5. The number of aromatic nitrogens is 4. The first-order valence-electron chi connectivity index (χ1n) is 14.1. The third-order valence-corrected chi connectivity index (χ3v) is 7.93. The van der Waals surface area contributed by atoms with Crippen LogP contribution >= 0.6 is 0 Å². The summed E-state index contributed by atoms with van der Waals surface area (Å²) in [6.07, 6.45) is 4.72. The number of H-pyrrole nitrogens is 1. The molecule has 2 aliphatic rings. The third-order valence-electron chi connectivity index (χ3n) is 7.93. The Morgan fingerprint density at radius 2 is 1.83 bits per heavy atom. The zero-order valence-corrected chi connectivity index (χ0v) is 23.7. The van der Waals surface area contributed by atoms with Crippen molar-refractivity contribution < 1.29 is 14.3 Å². The summed E-state index contributed by atoms with van der Waals surface area (Å²) in [4.78, 5) is 46.3. The quantitative estimate of drug-likeness (QED) is 0.361. The number of hydrogen-bond acceptors (Lipinski definition) is 7. The molecule has 10 nitrogen and oxygen atoms in total. The van der Waals surface area contributed by atoms with Gasteiger partial charge in [0.15, 0.2) is 0 Å². The van der Waals surface area contributed by atoms with Gasteiger partial charge in [-0.15, -0.1) is 0 Å². The summed E-state index contributed by atoms with van der Waals surface area (Å²) in [6, 6.07) is 13.5. The van der Waals surface area contributed by atoms with Crippen molar-refractivity contribution in [1.29, 1.82) is 0 Å². The first-order valence-corrected chi connectivity index (χ1v) is 14.1. The smallest absolute Gasteiger partial charge is 0.270 e. The Morgan fingerprint density at radius 3 is 2.61 bits per heavy atom. The van der Waals surface area contributed by atoms with E-state index in [0.29, 0.717) is 41.7 Å². The van der Waals surface area contributed by atoms with Crippen molar-refractivity contribution in [3.8, 4) is 17.1 Å². The molecule has 1 aromatic carbocycles. The largest absolute Gasteiger partial charge is 0.491 e. The van der Waals surface area contributed by atoms with E-state index in [2.05, 4.69) is 38.3 Å². The van der Waals surface area contributed by atoms with Crippen molar-refractivity contribution in [2.75, 3.05) is 39.8 Å². The molecule has 4 aromatic rings. The maximum absolute atomic E-state index is 13.0. The topological polar surface area (TPSA) is 116 Å². The number of hydrogen-bond donors (Lipinski definition) is 2. The second-order valence-electron chi connectivity index (χ2n) is 11.7. The van der Waals surface area contributed by atoms with Gasteiger partial charge in [0.05, 0.1) is 17.4 Å². The van der Waals surface area contributed by atoms with Crippen LogP contribution < -0.4 is 10.1 Å². The van der Waals surface area contributed by atoms with Crippen molar-refractivity contribution in [2.24, 2.45) is 5.41 Å². The van der Waals surface area contributed by atoms with E-state index < -0.39 is 0 Å². The molecule has 10 heteroatoms. The van der Waals surface area contributed by atoms with Gasteiger partial charge in [-0.2, -0.15) is 0 Å². The summed E-state index contributed by atoms with van der Waals surface area (Å²) in [5.74, 6) is 1.46. The molecule has 3 aromatic heterocycles. The van der Waals surface area contributed by atoms with E-state index in [1.54, 1.807) is 12.4 Å². The summed E-state index contributed by atoms with van der Waals surface area (Å²) in [5, 5.41) is 3.99. The predicted octanol–water partition coefficient (Wildman–Crippen LogP) is 3.29. The Kier molecular flexibility index (Phi) is 7.17. The second kappa shape index (κ2) is 10.9. The van der Waals surface area contributed by atoms with Gasteiger partial charge in [0.1, 0.15) is 23.9 Å². The SMILES string of the molecule is CN1CCN(C(=O)c2cc3cc(Cc4nccc(-c5cc(OC[C@@H]6CC(C)(C)C(=O)N6)ccn5)n4)ccc3[nH]2)CC1. The zero-order chi connectivity index (χ0) is 28.6. The number of nitrogens with zero attached hydrogens (tertiary/aromatic N) is 5. The van der Waals surface area contributed by atoms with Crippen molar-refractivity contribution in [2.45, 2.75) is 32.7 Å². The van der Waals surface area contributed by atoms with Crippen LogP contribution in [0.15, 0.2) is 54.9 Å². The Bertz CT molecular complexity index is 1590. The van der Waals surface area contributed by atoms with Gasteiger partial charge in [-0.25, -0.2) is 9.97 Å². The summed E-state index contributed by atoms with van der Waals surface area (Å²) < 4.78 is 5.99. The molecule has 0 radical (unpaired) electrons. The minimum atomic E-state index is -0.370. The number of likely N-dealkylation sites (N-methyl/N-ethyl adjacent to an activating group) is 1. The van der Waals surface area contributed by atoms with Crippen molar-refractivity contribution >= 4 is 22.7 Å². The lowest BCUT2D eigenvalue weighted by Crippen LogP contribution is -2.47. The molecule has 212 valence electrons. The van der Waals surface area contributed by atoms with E-state index in [4.69, 9.17) is 9.72 Å². The number of carbonyl (C=O) groups is 2. The van der Waals surface area contributed by atoms with Crippen LogP contribution in [0.5, 0.6) is 5.75 Å². The van der Waals surface area contributed by atoms with E-state index in [-0.39, 0.29) is 23.3 Å². The van der Waals surface area contributed by atoms with Gasteiger partial charge in [-0.3, -0.25) is 14.6 Å². The molecule has 2 aliphatic heterocycles.